The predicted octanol–water partition coefficient (Wildman–Crippen LogP) is 1.70. The molecule has 0 aromatic carbocycles. The van der Waals surface area contributed by atoms with Crippen molar-refractivity contribution >= 4 is 0 Å². The molecule has 0 aromatic heterocycles. The summed E-state index contributed by atoms with van der Waals surface area (Å²) in [7, 11) is 0. The minimum absolute atomic E-state index is 0.192. The van der Waals surface area contributed by atoms with Crippen LogP contribution in [-0.4, -0.2) is 31.5 Å². The van der Waals surface area contributed by atoms with E-state index in [0.717, 1.165) is 26.1 Å². The summed E-state index contributed by atoms with van der Waals surface area (Å²) in [6.45, 7) is 6.37. The van der Waals surface area contributed by atoms with Gasteiger partial charge in [0.25, 0.3) is 0 Å². The van der Waals surface area contributed by atoms with Gasteiger partial charge in [0.2, 0.25) is 0 Å². The molecule has 0 radical (unpaired) electrons. The topological polar surface area (TPSA) is 44.5 Å². The van der Waals surface area contributed by atoms with E-state index in [4.69, 9.17) is 15.2 Å². The van der Waals surface area contributed by atoms with Crippen LogP contribution in [0.2, 0.25) is 0 Å². The van der Waals surface area contributed by atoms with Crippen LogP contribution in [0.4, 0.5) is 0 Å². The van der Waals surface area contributed by atoms with E-state index < -0.39 is 0 Å². The van der Waals surface area contributed by atoms with Gasteiger partial charge in [-0.05, 0) is 39.5 Å². The zero-order chi connectivity index (χ0) is 10.4. The third kappa shape index (κ3) is 4.40. The highest BCUT2D eigenvalue weighted by Crippen LogP contribution is 2.20. The molecule has 1 aliphatic rings. The van der Waals surface area contributed by atoms with E-state index in [2.05, 4.69) is 6.92 Å². The summed E-state index contributed by atoms with van der Waals surface area (Å²) >= 11 is 0. The molecule has 2 unspecified atom stereocenters. The van der Waals surface area contributed by atoms with Gasteiger partial charge in [0.05, 0.1) is 12.7 Å². The number of nitrogens with two attached hydrogens (primary N) is 1. The molecular weight excluding hydrogens is 178 g/mol. The first-order valence-corrected chi connectivity index (χ1v) is 5.62. The van der Waals surface area contributed by atoms with E-state index in [1.54, 1.807) is 0 Å². The van der Waals surface area contributed by atoms with Crippen molar-refractivity contribution < 1.29 is 9.47 Å². The normalized spacial score (nSPS) is 26.4. The van der Waals surface area contributed by atoms with Crippen LogP contribution in [0, 0.1) is 0 Å². The maximum atomic E-state index is 6.10. The average molecular weight is 201 g/mol. The summed E-state index contributed by atoms with van der Waals surface area (Å²) in [6.07, 6.45) is 4.90. The predicted molar refractivity (Wildman–Crippen MR) is 57.3 cm³/mol. The third-order valence-corrected chi connectivity index (χ3v) is 2.70. The first-order valence-electron chi connectivity index (χ1n) is 5.62. The molecule has 14 heavy (non-hydrogen) atoms. The molecule has 1 fully saturated rings. The molecule has 0 spiro atoms. The maximum Gasteiger partial charge on any atom is 0.0643 e. The summed E-state index contributed by atoms with van der Waals surface area (Å²) in [5, 5.41) is 0. The van der Waals surface area contributed by atoms with Gasteiger partial charge in [-0.15, -0.1) is 0 Å². The summed E-state index contributed by atoms with van der Waals surface area (Å²) in [5.41, 5.74) is 5.91. The fourth-order valence-electron chi connectivity index (χ4n) is 1.77. The Kier molecular flexibility index (Phi) is 4.85. The van der Waals surface area contributed by atoms with Gasteiger partial charge in [-0.1, -0.05) is 0 Å². The van der Waals surface area contributed by atoms with Crippen LogP contribution in [0.1, 0.15) is 39.5 Å². The largest absolute Gasteiger partial charge is 0.380 e. The molecule has 1 saturated heterocycles. The Bertz CT molecular complexity index is 153. The van der Waals surface area contributed by atoms with E-state index in [9.17, 15) is 0 Å². The Morgan fingerprint density at radius 3 is 2.93 bits per heavy atom. The summed E-state index contributed by atoms with van der Waals surface area (Å²) in [5.74, 6) is 0. The van der Waals surface area contributed by atoms with Crippen LogP contribution < -0.4 is 5.73 Å². The molecule has 2 N–H and O–H groups in total. The smallest absolute Gasteiger partial charge is 0.0643 e. The second kappa shape index (κ2) is 5.69. The highest BCUT2D eigenvalue weighted by molar-refractivity contribution is 4.80. The molecule has 1 aliphatic heterocycles. The van der Waals surface area contributed by atoms with E-state index in [0.29, 0.717) is 12.7 Å². The van der Waals surface area contributed by atoms with Gasteiger partial charge >= 0.3 is 0 Å². The summed E-state index contributed by atoms with van der Waals surface area (Å²) in [6, 6.07) is 0. The first-order chi connectivity index (χ1) is 6.64. The van der Waals surface area contributed by atoms with Crippen molar-refractivity contribution in [2.45, 2.75) is 51.2 Å². The quantitative estimate of drug-likeness (QED) is 0.711. The monoisotopic (exact) mass is 201 g/mol. The minimum atomic E-state index is -0.192. The molecule has 0 aliphatic carbocycles. The van der Waals surface area contributed by atoms with Gasteiger partial charge in [0.15, 0.2) is 0 Å². The average Bonchev–Trinajstić information content (AvgIpc) is 2.64. The second-order valence-corrected chi connectivity index (χ2v) is 4.46. The van der Waals surface area contributed by atoms with Crippen molar-refractivity contribution in [1.82, 2.24) is 0 Å². The van der Waals surface area contributed by atoms with Crippen molar-refractivity contribution in [3.05, 3.63) is 0 Å². The Hall–Kier alpha value is -0.120. The van der Waals surface area contributed by atoms with E-state index in [1.807, 2.05) is 6.92 Å². The maximum absolute atomic E-state index is 6.10. The van der Waals surface area contributed by atoms with Crippen LogP contribution in [0.5, 0.6) is 0 Å². The lowest BCUT2D eigenvalue weighted by atomic mass is 9.95. The number of ether oxygens (including phenoxy) is 2. The molecule has 84 valence electrons. The highest BCUT2D eigenvalue weighted by atomic mass is 16.5. The molecule has 1 heterocycles. The standard InChI is InChI=1S/C11H23NO2/c1-3-13-9-11(2,12)7-6-10-5-4-8-14-10/h10H,3-9,12H2,1-2H3. The Balaban J connectivity index is 2.14. The Morgan fingerprint density at radius 2 is 2.36 bits per heavy atom. The lowest BCUT2D eigenvalue weighted by molar-refractivity contribution is 0.0714. The van der Waals surface area contributed by atoms with Crippen LogP contribution >= 0.6 is 0 Å². The van der Waals surface area contributed by atoms with Gasteiger partial charge in [-0.25, -0.2) is 0 Å². The van der Waals surface area contributed by atoms with Gasteiger partial charge < -0.3 is 15.2 Å². The molecule has 1 rings (SSSR count). The van der Waals surface area contributed by atoms with Gasteiger partial charge in [0, 0.05) is 18.8 Å². The third-order valence-electron chi connectivity index (χ3n) is 2.70. The molecule has 0 aromatic rings. The molecule has 0 bridgehead atoms. The van der Waals surface area contributed by atoms with Crippen molar-refractivity contribution in [2.75, 3.05) is 19.8 Å². The zero-order valence-corrected chi connectivity index (χ0v) is 9.42. The molecule has 3 nitrogen and oxygen atoms in total. The zero-order valence-electron chi connectivity index (χ0n) is 9.42. The lowest BCUT2D eigenvalue weighted by Gasteiger charge is -2.25. The van der Waals surface area contributed by atoms with E-state index >= 15 is 0 Å². The fourth-order valence-corrected chi connectivity index (χ4v) is 1.77. The minimum Gasteiger partial charge on any atom is -0.380 e. The molecule has 2 atom stereocenters. The van der Waals surface area contributed by atoms with Crippen molar-refractivity contribution in [3.8, 4) is 0 Å². The second-order valence-electron chi connectivity index (χ2n) is 4.46. The summed E-state index contributed by atoms with van der Waals surface area (Å²) in [4.78, 5) is 0. The van der Waals surface area contributed by atoms with E-state index in [-0.39, 0.29) is 5.54 Å². The van der Waals surface area contributed by atoms with Gasteiger partial charge in [-0.2, -0.15) is 0 Å². The van der Waals surface area contributed by atoms with Gasteiger partial charge in [0.1, 0.15) is 0 Å². The van der Waals surface area contributed by atoms with Crippen molar-refractivity contribution in [1.29, 1.82) is 0 Å². The van der Waals surface area contributed by atoms with Crippen LogP contribution in [0.15, 0.2) is 0 Å². The molecule has 0 amide bonds. The molecule has 3 heteroatoms. The number of hydrogen-bond donors (Lipinski definition) is 1. The molecular formula is C11H23NO2. The Morgan fingerprint density at radius 1 is 1.57 bits per heavy atom. The summed E-state index contributed by atoms with van der Waals surface area (Å²) < 4.78 is 10.9. The molecule has 0 saturated carbocycles. The van der Waals surface area contributed by atoms with Crippen molar-refractivity contribution in [3.63, 3.8) is 0 Å². The number of hydrogen-bond acceptors (Lipinski definition) is 3. The Labute approximate surface area is 86.9 Å². The fraction of sp³-hybridized carbons (Fsp3) is 1.00. The van der Waals surface area contributed by atoms with Crippen LogP contribution in [0.3, 0.4) is 0 Å². The van der Waals surface area contributed by atoms with Gasteiger partial charge in [-0.3, -0.25) is 0 Å². The lowest BCUT2D eigenvalue weighted by Crippen LogP contribution is -2.41. The first kappa shape index (κ1) is 12.0. The van der Waals surface area contributed by atoms with E-state index in [1.165, 1.54) is 12.8 Å². The van der Waals surface area contributed by atoms with Crippen LogP contribution in [-0.2, 0) is 9.47 Å². The SMILES string of the molecule is CCOCC(C)(N)CCC1CCCO1. The highest BCUT2D eigenvalue weighted by Gasteiger charge is 2.22. The van der Waals surface area contributed by atoms with Crippen LogP contribution in [0.25, 0.3) is 0 Å². The van der Waals surface area contributed by atoms with Crippen molar-refractivity contribution in [2.24, 2.45) is 5.73 Å². The number of rotatable bonds is 6.